The Labute approximate surface area is 155 Å². The number of hydrogen-bond donors (Lipinski definition) is 0. The normalized spacial score (nSPS) is 17.7. The second-order valence-electron chi connectivity index (χ2n) is 6.85. The maximum absolute atomic E-state index is 13.3. The van der Waals surface area contributed by atoms with Gasteiger partial charge in [-0.3, -0.25) is 0 Å². The zero-order valence-electron chi connectivity index (χ0n) is 15.9. The summed E-state index contributed by atoms with van der Waals surface area (Å²) in [5.41, 5.74) is 3.88. The van der Waals surface area contributed by atoms with Gasteiger partial charge in [0, 0.05) is 12.6 Å². The first kappa shape index (κ1) is 18.7. The van der Waals surface area contributed by atoms with Crippen molar-refractivity contribution < 1.29 is 17.9 Å². The fourth-order valence-electron chi connectivity index (χ4n) is 3.58. The van der Waals surface area contributed by atoms with Gasteiger partial charge in [0.2, 0.25) is 10.0 Å². The van der Waals surface area contributed by atoms with E-state index in [1.807, 2.05) is 45.0 Å². The second-order valence-corrected chi connectivity index (χ2v) is 8.71. The van der Waals surface area contributed by atoms with Crippen LogP contribution in [-0.4, -0.2) is 33.0 Å². The number of fused-ring (bicyclic) bond motifs is 1. The zero-order valence-corrected chi connectivity index (χ0v) is 16.7. The molecule has 0 fully saturated rings. The van der Waals surface area contributed by atoms with Gasteiger partial charge in [-0.2, -0.15) is 4.31 Å². The van der Waals surface area contributed by atoms with E-state index in [0.717, 1.165) is 22.3 Å². The van der Waals surface area contributed by atoms with Gasteiger partial charge in [0.25, 0.3) is 0 Å². The van der Waals surface area contributed by atoms with Gasteiger partial charge in [0.15, 0.2) is 11.5 Å². The third kappa shape index (κ3) is 3.19. The molecule has 0 aliphatic carbocycles. The summed E-state index contributed by atoms with van der Waals surface area (Å²) in [4.78, 5) is 0.374. The molecule has 0 saturated carbocycles. The number of aryl methyl sites for hydroxylation is 2. The van der Waals surface area contributed by atoms with Gasteiger partial charge in [0.05, 0.1) is 19.1 Å². The van der Waals surface area contributed by atoms with E-state index in [1.165, 1.54) is 0 Å². The number of sulfonamides is 1. The highest BCUT2D eigenvalue weighted by atomic mass is 32.2. The molecule has 2 aromatic rings. The molecule has 0 saturated heterocycles. The molecule has 0 bridgehead atoms. The lowest BCUT2D eigenvalue weighted by Gasteiger charge is -2.34. The lowest BCUT2D eigenvalue weighted by Crippen LogP contribution is -2.42. The maximum Gasteiger partial charge on any atom is 0.243 e. The first-order valence-corrected chi connectivity index (χ1v) is 10.0. The summed E-state index contributed by atoms with van der Waals surface area (Å²) in [5.74, 6) is 1.29. The summed E-state index contributed by atoms with van der Waals surface area (Å²) in [7, 11) is -0.388. The molecule has 1 aliphatic heterocycles. The molecule has 1 aliphatic rings. The summed E-state index contributed by atoms with van der Waals surface area (Å²) in [6.45, 7) is 6.08. The monoisotopic (exact) mass is 375 g/mol. The predicted octanol–water partition coefficient (Wildman–Crippen LogP) is 3.46. The third-order valence-corrected chi connectivity index (χ3v) is 7.08. The Bertz CT molecular complexity index is 937. The van der Waals surface area contributed by atoms with Crippen molar-refractivity contribution in [1.82, 2.24) is 4.31 Å². The summed E-state index contributed by atoms with van der Waals surface area (Å²) in [5, 5.41) is 0. The molecule has 1 unspecified atom stereocenters. The first-order valence-electron chi connectivity index (χ1n) is 8.60. The molecule has 3 rings (SSSR count). The first-order chi connectivity index (χ1) is 12.3. The molecule has 1 atom stereocenters. The van der Waals surface area contributed by atoms with E-state index in [9.17, 15) is 8.42 Å². The molecular weight excluding hydrogens is 350 g/mol. The van der Waals surface area contributed by atoms with Crippen molar-refractivity contribution in [3.63, 3.8) is 0 Å². The zero-order chi connectivity index (χ0) is 19.1. The van der Waals surface area contributed by atoms with E-state index in [4.69, 9.17) is 9.47 Å². The van der Waals surface area contributed by atoms with Crippen LogP contribution in [0.15, 0.2) is 35.2 Å². The number of benzene rings is 2. The van der Waals surface area contributed by atoms with Crippen LogP contribution in [0.1, 0.15) is 29.2 Å². The Balaban J connectivity index is 2.03. The molecule has 1 heterocycles. The summed E-state index contributed by atoms with van der Waals surface area (Å²) in [6.07, 6.45) is 0.639. The highest BCUT2D eigenvalue weighted by Gasteiger charge is 2.34. The van der Waals surface area contributed by atoms with E-state index in [1.54, 1.807) is 24.6 Å². The van der Waals surface area contributed by atoms with Crippen LogP contribution in [0.5, 0.6) is 11.5 Å². The van der Waals surface area contributed by atoms with Crippen molar-refractivity contribution in [2.45, 2.75) is 44.7 Å². The summed E-state index contributed by atoms with van der Waals surface area (Å²) < 4.78 is 38.9. The van der Waals surface area contributed by atoms with Crippen molar-refractivity contribution in [3.8, 4) is 11.5 Å². The Morgan fingerprint density at radius 3 is 2.19 bits per heavy atom. The molecule has 2 aromatic carbocycles. The van der Waals surface area contributed by atoms with Crippen LogP contribution in [-0.2, 0) is 23.0 Å². The minimum atomic E-state index is -3.58. The van der Waals surface area contributed by atoms with Gasteiger partial charge in [0.1, 0.15) is 0 Å². The highest BCUT2D eigenvalue weighted by Crippen LogP contribution is 2.36. The number of hydrogen-bond acceptors (Lipinski definition) is 4. The average molecular weight is 375 g/mol. The standard InChI is InChI=1S/C20H25NO4S/c1-13-6-7-20(14(2)8-13)26(22,23)21-12-17-11-19(25-5)18(24-4)10-16(17)9-15(21)3/h6-8,10-11,15H,9,12H2,1-5H3. The van der Waals surface area contributed by atoms with Crippen LogP contribution in [0.25, 0.3) is 0 Å². The van der Waals surface area contributed by atoms with Gasteiger partial charge in [-0.05, 0) is 62.1 Å². The highest BCUT2D eigenvalue weighted by molar-refractivity contribution is 7.89. The van der Waals surface area contributed by atoms with Crippen LogP contribution >= 0.6 is 0 Å². The topological polar surface area (TPSA) is 55.8 Å². The fourth-order valence-corrected chi connectivity index (χ4v) is 5.40. The number of rotatable bonds is 4. The smallest absolute Gasteiger partial charge is 0.243 e. The predicted molar refractivity (Wildman–Crippen MR) is 101 cm³/mol. The largest absolute Gasteiger partial charge is 0.493 e. The lowest BCUT2D eigenvalue weighted by molar-refractivity contribution is 0.304. The van der Waals surface area contributed by atoms with E-state index in [0.29, 0.717) is 29.4 Å². The Kier molecular flexibility index (Phi) is 4.99. The van der Waals surface area contributed by atoms with Crippen molar-refractivity contribution in [2.24, 2.45) is 0 Å². The van der Waals surface area contributed by atoms with E-state index < -0.39 is 10.0 Å². The summed E-state index contributed by atoms with van der Waals surface area (Å²) in [6, 6.07) is 9.15. The number of methoxy groups -OCH3 is 2. The van der Waals surface area contributed by atoms with Crippen LogP contribution in [0.4, 0.5) is 0 Å². The average Bonchev–Trinajstić information content (AvgIpc) is 2.59. The minimum absolute atomic E-state index is 0.133. The molecule has 0 amide bonds. The number of nitrogens with zero attached hydrogens (tertiary/aromatic N) is 1. The fraction of sp³-hybridized carbons (Fsp3) is 0.400. The molecule has 26 heavy (non-hydrogen) atoms. The van der Waals surface area contributed by atoms with Gasteiger partial charge in [-0.1, -0.05) is 17.7 Å². The van der Waals surface area contributed by atoms with Crippen LogP contribution in [0, 0.1) is 13.8 Å². The van der Waals surface area contributed by atoms with Crippen LogP contribution in [0.3, 0.4) is 0 Å². The van der Waals surface area contributed by atoms with Crippen LogP contribution < -0.4 is 9.47 Å². The Hall–Kier alpha value is -2.05. The molecule has 0 N–H and O–H groups in total. The summed E-state index contributed by atoms with van der Waals surface area (Å²) >= 11 is 0. The van der Waals surface area contributed by atoms with E-state index >= 15 is 0 Å². The minimum Gasteiger partial charge on any atom is -0.493 e. The molecule has 0 radical (unpaired) electrons. The molecule has 5 nitrogen and oxygen atoms in total. The molecule has 0 spiro atoms. The second kappa shape index (κ2) is 6.93. The number of ether oxygens (including phenoxy) is 2. The Morgan fingerprint density at radius 2 is 1.62 bits per heavy atom. The van der Waals surface area contributed by atoms with E-state index in [2.05, 4.69) is 0 Å². The van der Waals surface area contributed by atoms with Crippen LogP contribution in [0.2, 0.25) is 0 Å². The van der Waals surface area contributed by atoms with Gasteiger partial charge in [-0.25, -0.2) is 8.42 Å². The molecule has 0 aromatic heterocycles. The quantitative estimate of drug-likeness (QED) is 0.821. The lowest BCUT2D eigenvalue weighted by atomic mass is 9.96. The van der Waals surface area contributed by atoms with Crippen molar-refractivity contribution in [1.29, 1.82) is 0 Å². The molecule has 140 valence electrons. The third-order valence-electron chi connectivity index (χ3n) is 4.96. The molecular formula is C20H25NO4S. The Morgan fingerprint density at radius 1 is 1.00 bits per heavy atom. The van der Waals surface area contributed by atoms with Crippen molar-refractivity contribution in [3.05, 3.63) is 52.6 Å². The van der Waals surface area contributed by atoms with Gasteiger partial charge in [-0.15, -0.1) is 0 Å². The van der Waals surface area contributed by atoms with Crippen molar-refractivity contribution in [2.75, 3.05) is 14.2 Å². The maximum atomic E-state index is 13.3. The molecule has 6 heteroatoms. The van der Waals surface area contributed by atoms with Crippen molar-refractivity contribution >= 4 is 10.0 Å². The SMILES string of the molecule is COc1cc2c(cc1OC)CN(S(=O)(=O)c1ccc(C)cc1C)C(C)C2. The van der Waals surface area contributed by atoms with Gasteiger partial charge < -0.3 is 9.47 Å². The van der Waals surface area contributed by atoms with E-state index in [-0.39, 0.29) is 6.04 Å². The van der Waals surface area contributed by atoms with Gasteiger partial charge >= 0.3 is 0 Å².